The van der Waals surface area contributed by atoms with Gasteiger partial charge in [-0.2, -0.15) is 0 Å². The third-order valence-electron chi connectivity index (χ3n) is 2.99. The summed E-state index contributed by atoms with van der Waals surface area (Å²) in [6.07, 6.45) is 0.780. The Morgan fingerprint density at radius 1 is 1.32 bits per heavy atom. The molecule has 0 amide bonds. The van der Waals surface area contributed by atoms with E-state index in [-0.39, 0.29) is 11.7 Å². The predicted octanol–water partition coefficient (Wildman–Crippen LogP) is 2.34. The number of benzene rings is 1. The van der Waals surface area contributed by atoms with Crippen molar-refractivity contribution >= 4 is 15.6 Å². The first-order chi connectivity index (χ1) is 8.89. The minimum Gasteiger partial charge on any atom is -0.496 e. The van der Waals surface area contributed by atoms with Crippen molar-refractivity contribution in [3.05, 3.63) is 29.8 Å². The summed E-state index contributed by atoms with van der Waals surface area (Å²) < 4.78 is 28.9. The van der Waals surface area contributed by atoms with Crippen LogP contribution in [0.3, 0.4) is 0 Å². The van der Waals surface area contributed by atoms with Crippen LogP contribution in [0.2, 0.25) is 0 Å². The average Bonchev–Trinajstić information content (AvgIpc) is 2.37. The minimum absolute atomic E-state index is 0.0460. The summed E-state index contributed by atoms with van der Waals surface area (Å²) in [6, 6.07) is 6.66. The van der Waals surface area contributed by atoms with E-state index in [2.05, 4.69) is 0 Å². The highest BCUT2D eigenvalue weighted by molar-refractivity contribution is 7.92. The molecule has 1 aromatic rings. The van der Waals surface area contributed by atoms with Crippen LogP contribution in [-0.4, -0.2) is 32.8 Å². The van der Waals surface area contributed by atoms with E-state index >= 15 is 0 Å². The van der Waals surface area contributed by atoms with E-state index in [1.54, 1.807) is 24.3 Å². The second-order valence-corrected chi connectivity index (χ2v) is 6.80. The number of carbonyl (C=O) groups is 1. The SMILES string of the molecule is CCC(C)CS(=O)(=O)CC(=O)c1ccccc1OC. The van der Waals surface area contributed by atoms with Gasteiger partial charge in [0.05, 0.1) is 18.4 Å². The molecule has 0 spiro atoms. The first kappa shape index (κ1) is 15.7. The molecule has 0 aromatic heterocycles. The molecule has 0 N–H and O–H groups in total. The number of methoxy groups -OCH3 is 1. The van der Waals surface area contributed by atoms with E-state index in [0.717, 1.165) is 6.42 Å². The Labute approximate surface area is 114 Å². The van der Waals surface area contributed by atoms with Gasteiger partial charge in [0.2, 0.25) is 0 Å². The van der Waals surface area contributed by atoms with E-state index in [0.29, 0.717) is 11.3 Å². The van der Waals surface area contributed by atoms with Gasteiger partial charge in [-0.1, -0.05) is 32.4 Å². The molecule has 4 nitrogen and oxygen atoms in total. The van der Waals surface area contributed by atoms with Gasteiger partial charge in [0.25, 0.3) is 0 Å². The van der Waals surface area contributed by atoms with Crippen LogP contribution in [0.25, 0.3) is 0 Å². The van der Waals surface area contributed by atoms with Gasteiger partial charge in [-0.05, 0) is 18.1 Å². The van der Waals surface area contributed by atoms with E-state index in [1.165, 1.54) is 7.11 Å². The Morgan fingerprint density at radius 3 is 2.53 bits per heavy atom. The van der Waals surface area contributed by atoms with E-state index in [4.69, 9.17) is 4.74 Å². The maximum absolute atomic E-state index is 12.1. The highest BCUT2D eigenvalue weighted by Crippen LogP contribution is 2.19. The zero-order chi connectivity index (χ0) is 14.5. The molecule has 1 aromatic carbocycles. The quantitative estimate of drug-likeness (QED) is 0.721. The van der Waals surface area contributed by atoms with Crippen LogP contribution in [-0.2, 0) is 9.84 Å². The Balaban J connectivity index is 2.85. The monoisotopic (exact) mass is 284 g/mol. The van der Waals surface area contributed by atoms with Crippen LogP contribution in [0.4, 0.5) is 0 Å². The zero-order valence-electron chi connectivity index (χ0n) is 11.5. The highest BCUT2D eigenvalue weighted by atomic mass is 32.2. The van der Waals surface area contributed by atoms with Crippen LogP contribution < -0.4 is 4.74 Å². The maximum Gasteiger partial charge on any atom is 0.181 e. The fourth-order valence-corrected chi connectivity index (χ4v) is 3.54. The van der Waals surface area contributed by atoms with Crippen molar-refractivity contribution in [3.8, 4) is 5.75 Å². The third-order valence-corrected chi connectivity index (χ3v) is 4.77. The summed E-state index contributed by atoms with van der Waals surface area (Å²) in [4.78, 5) is 12.1. The average molecular weight is 284 g/mol. The summed E-state index contributed by atoms with van der Waals surface area (Å²) in [7, 11) is -1.91. The lowest BCUT2D eigenvalue weighted by molar-refractivity contribution is 0.101. The molecule has 0 aliphatic heterocycles. The second kappa shape index (κ2) is 6.70. The zero-order valence-corrected chi connectivity index (χ0v) is 12.4. The molecular weight excluding hydrogens is 264 g/mol. The van der Waals surface area contributed by atoms with Crippen molar-refractivity contribution in [3.63, 3.8) is 0 Å². The van der Waals surface area contributed by atoms with Gasteiger partial charge in [-0.15, -0.1) is 0 Å². The minimum atomic E-state index is -3.37. The number of ether oxygens (including phenoxy) is 1. The van der Waals surface area contributed by atoms with Crippen molar-refractivity contribution in [2.24, 2.45) is 5.92 Å². The van der Waals surface area contributed by atoms with Gasteiger partial charge < -0.3 is 4.74 Å². The van der Waals surface area contributed by atoms with E-state index < -0.39 is 21.4 Å². The number of hydrogen-bond donors (Lipinski definition) is 0. The first-order valence-electron chi connectivity index (χ1n) is 6.26. The molecule has 0 saturated heterocycles. The van der Waals surface area contributed by atoms with Gasteiger partial charge in [0, 0.05) is 0 Å². The van der Waals surface area contributed by atoms with Crippen molar-refractivity contribution in [1.82, 2.24) is 0 Å². The molecule has 106 valence electrons. The molecule has 0 heterocycles. The van der Waals surface area contributed by atoms with Crippen LogP contribution >= 0.6 is 0 Å². The van der Waals surface area contributed by atoms with Gasteiger partial charge in [0.15, 0.2) is 15.6 Å². The third kappa shape index (κ3) is 4.67. The topological polar surface area (TPSA) is 60.4 Å². The maximum atomic E-state index is 12.1. The first-order valence-corrected chi connectivity index (χ1v) is 8.08. The molecule has 1 unspecified atom stereocenters. The normalized spacial score (nSPS) is 13.0. The lowest BCUT2D eigenvalue weighted by Crippen LogP contribution is -2.22. The van der Waals surface area contributed by atoms with Crippen molar-refractivity contribution in [2.75, 3.05) is 18.6 Å². The number of Topliss-reactive ketones (excluding diaryl/α,β-unsaturated/α-hetero) is 1. The number of carbonyl (C=O) groups excluding carboxylic acids is 1. The number of ketones is 1. The standard InChI is InChI=1S/C14H20O4S/c1-4-11(2)9-19(16,17)10-13(15)12-7-5-6-8-14(12)18-3/h5-8,11H,4,9-10H2,1-3H3. The summed E-state index contributed by atoms with van der Waals surface area (Å²) in [5.41, 5.74) is 0.317. The van der Waals surface area contributed by atoms with Crippen LogP contribution in [0.5, 0.6) is 5.75 Å². The number of para-hydroxylation sites is 1. The number of hydrogen-bond acceptors (Lipinski definition) is 4. The molecule has 19 heavy (non-hydrogen) atoms. The van der Waals surface area contributed by atoms with Crippen molar-refractivity contribution in [2.45, 2.75) is 20.3 Å². The Hall–Kier alpha value is -1.36. The fourth-order valence-electron chi connectivity index (χ4n) is 1.76. The number of sulfone groups is 1. The van der Waals surface area contributed by atoms with Gasteiger partial charge in [-0.3, -0.25) is 4.79 Å². The van der Waals surface area contributed by atoms with E-state index in [9.17, 15) is 13.2 Å². The van der Waals surface area contributed by atoms with Crippen LogP contribution in [0.15, 0.2) is 24.3 Å². The van der Waals surface area contributed by atoms with E-state index in [1.807, 2.05) is 13.8 Å². The molecule has 0 aliphatic rings. The molecular formula is C14H20O4S. The fraction of sp³-hybridized carbons (Fsp3) is 0.500. The molecule has 0 bridgehead atoms. The predicted molar refractivity (Wildman–Crippen MR) is 75.4 cm³/mol. The molecule has 0 aliphatic carbocycles. The molecule has 1 rings (SSSR count). The highest BCUT2D eigenvalue weighted by Gasteiger charge is 2.22. The Kier molecular flexibility index (Phi) is 5.54. The molecule has 0 saturated carbocycles. The largest absolute Gasteiger partial charge is 0.496 e. The van der Waals surface area contributed by atoms with Crippen LogP contribution in [0, 0.1) is 5.92 Å². The van der Waals surface area contributed by atoms with Crippen molar-refractivity contribution < 1.29 is 17.9 Å². The molecule has 1 atom stereocenters. The summed E-state index contributed by atoms with van der Waals surface area (Å²) in [5, 5.41) is 0. The lowest BCUT2D eigenvalue weighted by atomic mass is 10.1. The molecule has 0 radical (unpaired) electrons. The second-order valence-electron chi connectivity index (χ2n) is 4.69. The van der Waals surface area contributed by atoms with Crippen LogP contribution in [0.1, 0.15) is 30.6 Å². The smallest absolute Gasteiger partial charge is 0.181 e. The summed E-state index contributed by atoms with van der Waals surface area (Å²) in [5.74, 6) is -0.357. The molecule has 5 heteroatoms. The van der Waals surface area contributed by atoms with Gasteiger partial charge in [-0.25, -0.2) is 8.42 Å². The summed E-state index contributed by atoms with van der Waals surface area (Å²) >= 11 is 0. The van der Waals surface area contributed by atoms with Gasteiger partial charge >= 0.3 is 0 Å². The lowest BCUT2D eigenvalue weighted by Gasteiger charge is -2.10. The number of rotatable bonds is 7. The Bertz CT molecular complexity index is 534. The molecule has 0 fully saturated rings. The Morgan fingerprint density at radius 2 is 1.95 bits per heavy atom. The summed E-state index contributed by atoms with van der Waals surface area (Å²) in [6.45, 7) is 3.80. The van der Waals surface area contributed by atoms with Gasteiger partial charge in [0.1, 0.15) is 11.5 Å². The van der Waals surface area contributed by atoms with Crippen molar-refractivity contribution in [1.29, 1.82) is 0 Å².